The Morgan fingerprint density at radius 2 is 1.41 bits per heavy atom. The molecule has 2 aliphatic heterocycles. The zero-order valence-electron chi connectivity index (χ0n) is 20.6. The highest BCUT2D eigenvalue weighted by Gasteiger charge is 2.40. The van der Waals surface area contributed by atoms with Gasteiger partial charge in [0.05, 0.1) is 5.69 Å². The lowest BCUT2D eigenvalue weighted by Crippen LogP contribution is -2.61. The second kappa shape index (κ2) is 7.49. The summed E-state index contributed by atoms with van der Waals surface area (Å²) in [5.41, 5.74) is 13.0. The van der Waals surface area contributed by atoms with Gasteiger partial charge in [0.15, 0.2) is 0 Å². The Kier molecular flexibility index (Phi) is 4.64. The summed E-state index contributed by atoms with van der Waals surface area (Å²) >= 11 is 0. The largest absolute Gasteiger partial charge is 0.345 e. The maximum atomic E-state index is 4.77. The molecular formula is C30H30BN3. The molecule has 3 aromatic carbocycles. The predicted octanol–water partition coefficient (Wildman–Crippen LogP) is 5.02. The molecule has 0 fully saturated rings. The van der Waals surface area contributed by atoms with E-state index in [1.165, 1.54) is 50.3 Å². The molecule has 0 unspecified atom stereocenters. The fourth-order valence-corrected chi connectivity index (χ4v) is 5.80. The van der Waals surface area contributed by atoms with Crippen molar-refractivity contribution in [3.8, 4) is 11.3 Å². The highest BCUT2D eigenvalue weighted by atomic mass is 15.1. The summed E-state index contributed by atoms with van der Waals surface area (Å²) in [5, 5.41) is 0. The van der Waals surface area contributed by atoms with Crippen LogP contribution in [-0.4, -0.2) is 25.8 Å². The Bertz CT molecular complexity index is 1400. The van der Waals surface area contributed by atoms with Gasteiger partial charge < -0.3 is 9.80 Å². The van der Waals surface area contributed by atoms with E-state index >= 15 is 0 Å². The number of hydrogen-bond acceptors (Lipinski definition) is 3. The monoisotopic (exact) mass is 443 g/mol. The number of fused-ring (bicyclic) bond motifs is 4. The van der Waals surface area contributed by atoms with Gasteiger partial charge >= 0.3 is 0 Å². The standard InChI is InChI=1S/C30H30BN3/c1-30(2,3)19-20-15-16-32-24(17-20)21-13-14-26-23(18-21)31-22-9-6-7-10-25(22)33(4)27-11-8-12-28(29(27)31)34(26)5/h6-18H,19H2,1-5H3. The molecule has 34 heavy (non-hydrogen) atoms. The number of hydrogen-bond donors (Lipinski definition) is 0. The van der Waals surface area contributed by atoms with Gasteiger partial charge in [-0.05, 0) is 75.7 Å². The van der Waals surface area contributed by atoms with Crippen molar-refractivity contribution in [2.24, 2.45) is 5.41 Å². The molecule has 0 saturated heterocycles. The van der Waals surface area contributed by atoms with Crippen molar-refractivity contribution in [2.75, 3.05) is 23.9 Å². The Morgan fingerprint density at radius 1 is 0.735 bits per heavy atom. The second-order valence-corrected chi connectivity index (χ2v) is 10.9. The van der Waals surface area contributed by atoms with E-state index in [4.69, 9.17) is 4.98 Å². The number of para-hydroxylation sites is 1. The zero-order chi connectivity index (χ0) is 23.6. The lowest BCUT2D eigenvalue weighted by atomic mass is 9.33. The Labute approximate surface area is 203 Å². The average Bonchev–Trinajstić information content (AvgIpc) is 2.82. The number of pyridine rings is 1. The van der Waals surface area contributed by atoms with E-state index in [0.29, 0.717) is 0 Å². The summed E-state index contributed by atoms with van der Waals surface area (Å²) < 4.78 is 0. The summed E-state index contributed by atoms with van der Waals surface area (Å²) in [4.78, 5) is 9.45. The lowest BCUT2D eigenvalue weighted by molar-refractivity contribution is 0.411. The molecule has 3 heterocycles. The van der Waals surface area contributed by atoms with Gasteiger partial charge in [0, 0.05) is 43.0 Å². The summed E-state index contributed by atoms with van der Waals surface area (Å²) in [7, 11) is 4.37. The molecule has 0 saturated carbocycles. The molecule has 168 valence electrons. The van der Waals surface area contributed by atoms with Crippen LogP contribution in [0.15, 0.2) is 79.0 Å². The molecule has 6 rings (SSSR count). The summed E-state index contributed by atoms with van der Waals surface area (Å²) in [6.07, 6.45) is 3.00. The van der Waals surface area contributed by atoms with Crippen LogP contribution in [0.5, 0.6) is 0 Å². The minimum Gasteiger partial charge on any atom is -0.345 e. The van der Waals surface area contributed by atoms with Crippen molar-refractivity contribution in [2.45, 2.75) is 27.2 Å². The smallest absolute Gasteiger partial charge is 0.252 e. The van der Waals surface area contributed by atoms with Crippen molar-refractivity contribution in [3.63, 3.8) is 0 Å². The molecule has 0 N–H and O–H groups in total. The molecule has 4 heteroatoms. The molecule has 4 aromatic rings. The van der Waals surface area contributed by atoms with Crippen LogP contribution in [0, 0.1) is 5.41 Å². The van der Waals surface area contributed by atoms with Crippen LogP contribution in [0.4, 0.5) is 22.7 Å². The number of nitrogens with zero attached hydrogens (tertiary/aromatic N) is 3. The van der Waals surface area contributed by atoms with E-state index in [-0.39, 0.29) is 12.1 Å². The van der Waals surface area contributed by atoms with Gasteiger partial charge in [-0.15, -0.1) is 0 Å². The molecule has 0 amide bonds. The molecule has 1 aromatic heterocycles. The van der Waals surface area contributed by atoms with Crippen LogP contribution in [0.2, 0.25) is 0 Å². The van der Waals surface area contributed by atoms with E-state index in [0.717, 1.165) is 12.1 Å². The third-order valence-corrected chi connectivity index (χ3v) is 7.24. The maximum absolute atomic E-state index is 4.77. The SMILES string of the molecule is CN1c2ccccc2B2c3cc(-c4cc(CC(C)(C)C)ccn4)ccc3N(C)c3cccc1c32. The van der Waals surface area contributed by atoms with Gasteiger partial charge in [0.2, 0.25) is 0 Å². The molecule has 0 radical (unpaired) electrons. The van der Waals surface area contributed by atoms with Crippen LogP contribution >= 0.6 is 0 Å². The zero-order valence-corrected chi connectivity index (χ0v) is 20.6. The van der Waals surface area contributed by atoms with Gasteiger partial charge in [-0.3, -0.25) is 4.98 Å². The molecule has 3 nitrogen and oxygen atoms in total. The first-order valence-corrected chi connectivity index (χ1v) is 12.1. The molecule has 0 aliphatic carbocycles. The van der Waals surface area contributed by atoms with Gasteiger partial charge in [0.1, 0.15) is 0 Å². The minimum absolute atomic E-state index is 0.211. The summed E-state index contributed by atoms with van der Waals surface area (Å²) in [5.74, 6) is 0. The van der Waals surface area contributed by atoms with Crippen LogP contribution in [0.25, 0.3) is 11.3 Å². The molecule has 0 bridgehead atoms. The Balaban J connectivity index is 1.54. The molecule has 0 spiro atoms. The topological polar surface area (TPSA) is 19.4 Å². The van der Waals surface area contributed by atoms with Crippen LogP contribution in [-0.2, 0) is 6.42 Å². The van der Waals surface area contributed by atoms with E-state index in [9.17, 15) is 0 Å². The van der Waals surface area contributed by atoms with E-state index < -0.39 is 0 Å². The molecular weight excluding hydrogens is 413 g/mol. The first kappa shape index (κ1) is 21.0. The number of rotatable bonds is 2. The third kappa shape index (κ3) is 3.24. The maximum Gasteiger partial charge on any atom is 0.252 e. The Morgan fingerprint density at radius 3 is 2.15 bits per heavy atom. The average molecular weight is 443 g/mol. The number of aromatic nitrogens is 1. The summed E-state index contributed by atoms with van der Waals surface area (Å²) in [6, 6.07) is 26.8. The van der Waals surface area contributed by atoms with Gasteiger partial charge in [-0.25, -0.2) is 0 Å². The molecule has 2 aliphatic rings. The van der Waals surface area contributed by atoms with Crippen LogP contribution < -0.4 is 26.2 Å². The third-order valence-electron chi connectivity index (χ3n) is 7.24. The van der Waals surface area contributed by atoms with Crippen molar-refractivity contribution in [1.29, 1.82) is 0 Å². The normalized spacial score (nSPS) is 14.0. The first-order chi connectivity index (χ1) is 16.3. The Hall–Kier alpha value is -3.53. The quantitative estimate of drug-likeness (QED) is 0.406. The van der Waals surface area contributed by atoms with Crippen LogP contribution in [0.3, 0.4) is 0 Å². The highest BCUT2D eigenvalue weighted by molar-refractivity contribution is 7.00. The van der Waals surface area contributed by atoms with Gasteiger partial charge in [0.25, 0.3) is 6.71 Å². The fourth-order valence-electron chi connectivity index (χ4n) is 5.80. The minimum atomic E-state index is 0.211. The second-order valence-electron chi connectivity index (χ2n) is 10.9. The number of anilines is 4. The fraction of sp³-hybridized carbons (Fsp3) is 0.233. The van der Waals surface area contributed by atoms with Crippen molar-refractivity contribution >= 4 is 45.9 Å². The van der Waals surface area contributed by atoms with E-state index in [2.05, 4.69) is 117 Å². The van der Waals surface area contributed by atoms with E-state index in [1.54, 1.807) is 0 Å². The van der Waals surface area contributed by atoms with Crippen molar-refractivity contribution in [1.82, 2.24) is 4.98 Å². The number of benzene rings is 3. The van der Waals surface area contributed by atoms with Gasteiger partial charge in [-0.2, -0.15) is 0 Å². The van der Waals surface area contributed by atoms with Crippen molar-refractivity contribution in [3.05, 3.63) is 84.6 Å². The first-order valence-electron chi connectivity index (χ1n) is 12.1. The highest BCUT2D eigenvalue weighted by Crippen LogP contribution is 2.36. The lowest BCUT2D eigenvalue weighted by Gasteiger charge is -2.42. The van der Waals surface area contributed by atoms with E-state index in [1.807, 2.05) is 6.20 Å². The van der Waals surface area contributed by atoms with Crippen molar-refractivity contribution < 1.29 is 0 Å². The predicted molar refractivity (Wildman–Crippen MR) is 146 cm³/mol. The van der Waals surface area contributed by atoms with Gasteiger partial charge in [-0.1, -0.05) is 57.2 Å². The summed E-state index contributed by atoms with van der Waals surface area (Å²) in [6.45, 7) is 7.07. The molecule has 0 atom stereocenters. The van der Waals surface area contributed by atoms with Crippen LogP contribution in [0.1, 0.15) is 26.3 Å².